The smallest absolute Gasteiger partial charge is 0.358 e. The first-order valence-corrected chi connectivity index (χ1v) is 8.98. The maximum absolute atomic E-state index is 4.19. The van der Waals surface area contributed by atoms with Crippen LogP contribution in [-0.2, 0) is 39.0 Å². The van der Waals surface area contributed by atoms with Gasteiger partial charge in [0.2, 0.25) is 0 Å². The fourth-order valence-electron chi connectivity index (χ4n) is 2.43. The Morgan fingerprint density at radius 2 is 0.879 bits per heavy atom. The summed E-state index contributed by atoms with van der Waals surface area (Å²) in [6.45, 7) is 0. The van der Waals surface area contributed by atoms with Crippen LogP contribution in [0, 0.1) is 14.9 Å². The molecule has 4 aromatic rings. The second-order valence-corrected chi connectivity index (χ2v) is 5.99. The molecule has 0 spiro atoms. The molecule has 0 amide bonds. The van der Waals surface area contributed by atoms with Gasteiger partial charge in [0.1, 0.15) is 0 Å². The average molecular weight is 612 g/mol. The summed E-state index contributed by atoms with van der Waals surface area (Å²) in [6.07, 6.45) is 3.37. The Labute approximate surface area is 220 Å². The van der Waals surface area contributed by atoms with Gasteiger partial charge in [-0.05, 0) is 72.8 Å². The van der Waals surface area contributed by atoms with E-state index in [1.165, 1.54) is 0 Å². The molecule has 0 unspecified atom stereocenters. The van der Waals surface area contributed by atoms with E-state index in [1.807, 2.05) is 72.8 Å². The monoisotopic (exact) mass is 613 g/mol. The fourth-order valence-corrected chi connectivity index (χ4v) is 2.43. The summed E-state index contributed by atoms with van der Waals surface area (Å²) in [5.41, 5.74) is 3.41. The van der Waals surface area contributed by atoms with Gasteiger partial charge in [0, 0.05) is 23.8 Å². The normalized spacial score (nSPS) is 9.82. The second kappa shape index (κ2) is 15.7. The molecule has 170 valence electrons. The number of hydrogen-bond donors (Lipinski definition) is 1. The van der Waals surface area contributed by atoms with Crippen LogP contribution >= 0.6 is 0 Å². The van der Waals surface area contributed by atoms with Crippen LogP contribution in [-0.4, -0.2) is 9.97 Å². The van der Waals surface area contributed by atoms with Crippen LogP contribution in [0.5, 0.6) is 0 Å². The van der Waals surface area contributed by atoms with Crippen LogP contribution in [0.2, 0.25) is 0 Å². The van der Waals surface area contributed by atoms with E-state index >= 15 is 0 Å². The van der Waals surface area contributed by atoms with E-state index in [0.29, 0.717) is 11.6 Å². The Morgan fingerprint density at radius 3 is 1.21 bits per heavy atom. The summed E-state index contributed by atoms with van der Waals surface area (Å²) in [5.74, 6) is 1.16. The Hall–Kier alpha value is -3.01. The minimum atomic E-state index is 0. The first-order chi connectivity index (χ1) is 14.3. The number of nitrogens with zero attached hydrogens (tertiary/aromatic N) is 6. The molecule has 0 bridgehead atoms. The van der Waals surface area contributed by atoms with E-state index in [9.17, 15) is 0 Å². The van der Waals surface area contributed by atoms with Crippen molar-refractivity contribution in [3.8, 4) is 0 Å². The molecule has 7 nitrogen and oxygen atoms in total. The fraction of sp³-hybridized carbons (Fsp3) is 0. The first kappa shape index (κ1) is 30.0. The Kier molecular flexibility index (Phi) is 14.3. The Morgan fingerprint density at radius 1 is 0.485 bits per heavy atom. The minimum absolute atomic E-state index is 0. The quantitative estimate of drug-likeness (QED) is 0.136. The van der Waals surface area contributed by atoms with Gasteiger partial charge < -0.3 is 20.2 Å². The van der Waals surface area contributed by atoms with Gasteiger partial charge in [-0.25, -0.2) is 9.97 Å². The number of rotatable bonds is 6. The standard InChI is InChI=1S/C22H17N7.2CH3.2Ru/c1-3-15-23-21(5-1)28-26-19-11-7-17(8-12-19)25-18-9-13-20(14-10-18)27-29-22-6-2-4-16-24-22;;;;/h1-16,25H;2*1H3;;/q;2*-1;2*+1. The van der Waals surface area contributed by atoms with E-state index in [-0.39, 0.29) is 53.8 Å². The van der Waals surface area contributed by atoms with Crippen LogP contribution in [0.15, 0.2) is 118 Å². The molecule has 33 heavy (non-hydrogen) atoms. The van der Waals surface area contributed by atoms with Gasteiger partial charge in [0.25, 0.3) is 0 Å². The van der Waals surface area contributed by atoms with Crippen LogP contribution in [0.1, 0.15) is 0 Å². The van der Waals surface area contributed by atoms with Crippen molar-refractivity contribution in [1.29, 1.82) is 0 Å². The third-order valence-electron chi connectivity index (χ3n) is 3.86. The zero-order chi connectivity index (χ0) is 19.7. The van der Waals surface area contributed by atoms with E-state index in [0.717, 1.165) is 22.7 Å². The van der Waals surface area contributed by atoms with Crippen molar-refractivity contribution in [3.05, 3.63) is 112 Å². The summed E-state index contributed by atoms with van der Waals surface area (Å²) in [6, 6.07) is 26.4. The molecule has 4 rings (SSSR count). The summed E-state index contributed by atoms with van der Waals surface area (Å²) in [4.78, 5) is 8.23. The molecule has 0 saturated heterocycles. The number of pyridine rings is 2. The molecular weight excluding hydrogens is 588 g/mol. The number of hydrogen-bond acceptors (Lipinski definition) is 7. The van der Waals surface area contributed by atoms with Crippen LogP contribution in [0.4, 0.5) is 34.4 Å². The molecule has 0 aliphatic carbocycles. The number of benzene rings is 2. The van der Waals surface area contributed by atoms with Crippen molar-refractivity contribution in [1.82, 2.24) is 9.97 Å². The molecule has 0 saturated carbocycles. The van der Waals surface area contributed by atoms with Crippen molar-refractivity contribution in [2.75, 3.05) is 5.32 Å². The van der Waals surface area contributed by atoms with Crippen molar-refractivity contribution >= 4 is 34.4 Å². The maximum Gasteiger partial charge on any atom is 1.00 e. The largest absolute Gasteiger partial charge is 1.00 e. The zero-order valence-electron chi connectivity index (χ0n) is 18.1. The van der Waals surface area contributed by atoms with Crippen LogP contribution in [0.3, 0.4) is 0 Å². The molecule has 0 aliphatic heterocycles. The van der Waals surface area contributed by atoms with E-state index < -0.39 is 0 Å². The molecule has 2 aromatic carbocycles. The Bertz CT molecular complexity index is 1010. The second-order valence-electron chi connectivity index (χ2n) is 5.99. The average Bonchev–Trinajstić information content (AvgIpc) is 2.80. The summed E-state index contributed by atoms with van der Waals surface area (Å²) in [7, 11) is 0. The zero-order valence-corrected chi connectivity index (χ0v) is 21.6. The SMILES string of the molecule is [CH3-].[CH3-].[Ru+].[Ru+].c1ccc(N=Nc2ccc(Nc3ccc(N=Nc4ccccn4)cc3)cc2)nc1. The topological polar surface area (TPSA) is 87.2 Å². The molecule has 2 aromatic heterocycles. The number of anilines is 2. The molecule has 9 heteroatoms. The number of azo groups is 2. The van der Waals surface area contributed by atoms with E-state index in [4.69, 9.17) is 0 Å². The molecule has 2 heterocycles. The van der Waals surface area contributed by atoms with Crippen molar-refractivity contribution in [3.63, 3.8) is 0 Å². The molecule has 1 N–H and O–H groups in total. The summed E-state index contributed by atoms with van der Waals surface area (Å²) < 4.78 is 0. The predicted molar refractivity (Wildman–Crippen MR) is 126 cm³/mol. The van der Waals surface area contributed by atoms with Gasteiger partial charge in [-0.15, -0.1) is 20.5 Å². The third-order valence-corrected chi connectivity index (χ3v) is 3.86. The molecule has 2 radical (unpaired) electrons. The predicted octanol–water partition coefficient (Wildman–Crippen LogP) is 7.95. The minimum Gasteiger partial charge on any atom is -0.358 e. The van der Waals surface area contributed by atoms with Gasteiger partial charge in [0.05, 0.1) is 11.4 Å². The van der Waals surface area contributed by atoms with Crippen LogP contribution in [0.25, 0.3) is 0 Å². The summed E-state index contributed by atoms with van der Waals surface area (Å²) >= 11 is 0. The van der Waals surface area contributed by atoms with Crippen molar-refractivity contribution in [2.45, 2.75) is 0 Å². The molecule has 0 atom stereocenters. The van der Waals surface area contributed by atoms with Crippen molar-refractivity contribution in [2.24, 2.45) is 20.5 Å². The van der Waals surface area contributed by atoms with Crippen molar-refractivity contribution < 1.29 is 39.0 Å². The van der Waals surface area contributed by atoms with Gasteiger partial charge in [-0.3, -0.25) is 0 Å². The van der Waals surface area contributed by atoms with Gasteiger partial charge in [-0.1, -0.05) is 12.1 Å². The van der Waals surface area contributed by atoms with Gasteiger partial charge in [0.15, 0.2) is 11.6 Å². The molecular formula is C24H23N7Ru2. The third kappa shape index (κ3) is 9.56. The number of aromatic nitrogens is 2. The number of nitrogens with one attached hydrogen (secondary N) is 1. The molecule has 0 aliphatic rings. The first-order valence-electron chi connectivity index (χ1n) is 8.98. The van der Waals surface area contributed by atoms with E-state index in [1.54, 1.807) is 24.5 Å². The maximum atomic E-state index is 4.19. The summed E-state index contributed by atoms with van der Waals surface area (Å²) in [5, 5.41) is 19.9. The van der Waals surface area contributed by atoms with Crippen LogP contribution < -0.4 is 5.32 Å². The van der Waals surface area contributed by atoms with E-state index in [2.05, 4.69) is 35.7 Å². The van der Waals surface area contributed by atoms with Gasteiger partial charge in [-0.2, -0.15) is 0 Å². The molecule has 0 fully saturated rings. The van der Waals surface area contributed by atoms with Gasteiger partial charge >= 0.3 is 39.0 Å². The Balaban J connectivity index is 0.00000256.